The molecular weight excluding hydrogens is 478 g/mol. The van der Waals surface area contributed by atoms with Gasteiger partial charge in [-0.2, -0.15) is 0 Å². The van der Waals surface area contributed by atoms with Crippen LogP contribution < -0.4 is 4.74 Å². The molecule has 2 aromatic carbocycles. The van der Waals surface area contributed by atoms with Crippen molar-refractivity contribution in [1.29, 1.82) is 0 Å². The van der Waals surface area contributed by atoms with Crippen molar-refractivity contribution in [3.63, 3.8) is 0 Å². The molecule has 2 aromatic rings. The number of halogens is 1. The quantitative estimate of drug-likeness (QED) is 0.448. The second kappa shape index (κ2) is 10.9. The zero-order valence-electron chi connectivity index (χ0n) is 21.1. The Balaban J connectivity index is 1.78. The second-order valence-electron chi connectivity index (χ2n) is 9.83. The van der Waals surface area contributed by atoms with Crippen LogP contribution in [0.15, 0.2) is 58.7 Å². The molecule has 0 radical (unpaired) electrons. The predicted molar refractivity (Wildman–Crippen MR) is 140 cm³/mol. The van der Waals surface area contributed by atoms with E-state index in [0.29, 0.717) is 47.1 Å². The highest BCUT2D eigenvalue weighted by atomic mass is 35.5. The van der Waals surface area contributed by atoms with Gasteiger partial charge in [0.05, 0.1) is 24.7 Å². The molecule has 36 heavy (non-hydrogen) atoms. The number of phenolic OH excluding ortho intramolecular Hbond substituents is 1. The molecule has 1 unspecified atom stereocenters. The van der Waals surface area contributed by atoms with Crippen molar-refractivity contribution < 1.29 is 24.2 Å². The lowest BCUT2D eigenvalue weighted by molar-refractivity contribution is -0.140. The number of fused-ring (bicyclic) bond motifs is 1. The first-order chi connectivity index (χ1) is 17.2. The Morgan fingerprint density at radius 3 is 2.47 bits per heavy atom. The molecular formula is C29H32ClNO5. The highest BCUT2D eigenvalue weighted by Gasteiger charge is 2.46. The Morgan fingerprint density at radius 2 is 1.81 bits per heavy atom. The largest absolute Gasteiger partial charge is 0.504 e. The molecule has 1 N–H and O–H groups in total. The zero-order chi connectivity index (χ0) is 26.0. The van der Waals surface area contributed by atoms with E-state index in [1.807, 2.05) is 45.0 Å². The van der Waals surface area contributed by atoms with E-state index in [2.05, 4.69) is 0 Å². The topological polar surface area (TPSA) is 85.2 Å². The van der Waals surface area contributed by atoms with Crippen molar-refractivity contribution in [2.75, 3.05) is 13.2 Å². The van der Waals surface area contributed by atoms with E-state index in [1.54, 1.807) is 25.1 Å². The Kier molecular flexibility index (Phi) is 7.84. The fourth-order valence-electron chi connectivity index (χ4n) is 5.09. The van der Waals surface area contributed by atoms with E-state index < -0.39 is 17.8 Å². The number of carbonyl (C=O) groups excluding carboxylic acids is 2. The van der Waals surface area contributed by atoms with Gasteiger partial charge < -0.3 is 14.6 Å². The molecule has 190 valence electrons. The molecule has 3 atom stereocenters. The first kappa shape index (κ1) is 26.0. The molecule has 0 saturated heterocycles. The Labute approximate surface area is 217 Å². The summed E-state index contributed by atoms with van der Waals surface area (Å²) in [4.78, 5) is 31.8. The smallest absolute Gasteiger partial charge is 0.336 e. The van der Waals surface area contributed by atoms with Crippen LogP contribution in [0, 0.1) is 11.8 Å². The average Bonchev–Trinajstić information content (AvgIpc) is 2.83. The molecule has 1 saturated carbocycles. The van der Waals surface area contributed by atoms with E-state index in [0.717, 1.165) is 11.3 Å². The van der Waals surface area contributed by atoms with Gasteiger partial charge >= 0.3 is 5.97 Å². The monoisotopic (exact) mass is 509 g/mol. The van der Waals surface area contributed by atoms with Crippen LogP contribution in [0.4, 0.5) is 0 Å². The first-order valence-electron chi connectivity index (χ1n) is 12.4. The number of carbonyl (C=O) groups is 2. The zero-order valence-corrected chi connectivity index (χ0v) is 21.8. The molecule has 1 aliphatic carbocycles. The van der Waals surface area contributed by atoms with Gasteiger partial charge in [0.15, 0.2) is 11.5 Å². The van der Waals surface area contributed by atoms with Gasteiger partial charge in [-0.15, -0.1) is 0 Å². The van der Waals surface area contributed by atoms with Crippen molar-refractivity contribution in [2.24, 2.45) is 16.8 Å². The third-order valence-electron chi connectivity index (χ3n) is 6.71. The number of hydrogen-bond donors (Lipinski definition) is 1. The highest BCUT2D eigenvalue weighted by molar-refractivity contribution is 6.30. The summed E-state index contributed by atoms with van der Waals surface area (Å²) < 4.78 is 11.2. The third kappa shape index (κ3) is 5.34. The number of ether oxygens (including phenoxy) is 2. The lowest BCUT2D eigenvalue weighted by Gasteiger charge is -2.38. The van der Waals surface area contributed by atoms with Crippen LogP contribution >= 0.6 is 11.6 Å². The summed E-state index contributed by atoms with van der Waals surface area (Å²) >= 11 is 6.06. The standard InChI is InChI=1S/C29H32ClNO5/c1-5-35-25-14-19(8-11-23(25)32)27-26(29(34)36-15-16(2)3)17(4)31-22-12-20(13-24(33)28(22)27)18-6-9-21(30)10-7-18/h6-11,14,16,20,27-28,32H,5,12-13,15H2,1-4H3/t20-,27-,28?/m0/s1. The summed E-state index contributed by atoms with van der Waals surface area (Å²) in [5.41, 5.74) is 3.45. The van der Waals surface area contributed by atoms with Crippen LogP contribution in [0.25, 0.3) is 0 Å². The van der Waals surface area contributed by atoms with Crippen molar-refractivity contribution >= 4 is 29.1 Å². The van der Waals surface area contributed by atoms with Crippen LogP contribution in [0.5, 0.6) is 11.5 Å². The molecule has 0 bridgehead atoms. The maximum atomic E-state index is 13.7. The number of benzene rings is 2. The van der Waals surface area contributed by atoms with E-state index in [1.165, 1.54) is 0 Å². The second-order valence-corrected chi connectivity index (χ2v) is 10.3. The number of rotatable bonds is 7. The Hall–Kier alpha value is -3.12. The Bertz CT molecular complexity index is 1210. The van der Waals surface area contributed by atoms with Gasteiger partial charge in [0.2, 0.25) is 0 Å². The van der Waals surface area contributed by atoms with E-state index in [4.69, 9.17) is 26.1 Å². The van der Waals surface area contributed by atoms with Crippen LogP contribution in [-0.4, -0.2) is 35.8 Å². The SMILES string of the molecule is CCOc1cc([C@H]2C(C(=O)OCC(C)C)=C(C)N=C3C[C@H](c4ccc(Cl)cc4)CC(=O)C32)ccc1O. The number of phenols is 1. The molecule has 4 rings (SSSR count). The number of allylic oxidation sites excluding steroid dienone is 1. The molecule has 2 aliphatic rings. The average molecular weight is 510 g/mol. The number of aromatic hydroxyl groups is 1. The first-order valence-corrected chi connectivity index (χ1v) is 12.8. The molecule has 1 heterocycles. The molecule has 7 heteroatoms. The minimum atomic E-state index is -0.585. The fraction of sp³-hybridized carbons (Fsp3) is 0.414. The Morgan fingerprint density at radius 1 is 1.11 bits per heavy atom. The number of esters is 1. The van der Waals surface area contributed by atoms with Crippen molar-refractivity contribution in [3.05, 3.63) is 69.9 Å². The summed E-state index contributed by atoms with van der Waals surface area (Å²) in [6.07, 6.45) is 0.947. The number of nitrogens with zero attached hydrogens (tertiary/aromatic N) is 1. The molecule has 6 nitrogen and oxygen atoms in total. The lowest BCUT2D eigenvalue weighted by Crippen LogP contribution is -2.41. The maximum Gasteiger partial charge on any atom is 0.336 e. The van der Waals surface area contributed by atoms with E-state index in [9.17, 15) is 14.7 Å². The lowest BCUT2D eigenvalue weighted by atomic mass is 9.66. The molecule has 0 spiro atoms. The molecule has 0 aromatic heterocycles. The molecule has 0 amide bonds. The van der Waals surface area contributed by atoms with Gasteiger partial charge in [-0.25, -0.2) is 4.79 Å². The van der Waals surface area contributed by atoms with Gasteiger partial charge in [0.25, 0.3) is 0 Å². The number of ketones is 1. The normalized spacial score (nSPS) is 21.8. The summed E-state index contributed by atoms with van der Waals surface area (Å²) in [6.45, 7) is 8.21. The molecule has 1 fully saturated rings. The predicted octanol–water partition coefficient (Wildman–Crippen LogP) is 6.22. The van der Waals surface area contributed by atoms with Crippen LogP contribution in [-0.2, 0) is 14.3 Å². The third-order valence-corrected chi connectivity index (χ3v) is 6.96. The van der Waals surface area contributed by atoms with Gasteiger partial charge in [-0.3, -0.25) is 9.79 Å². The van der Waals surface area contributed by atoms with Crippen LogP contribution in [0.2, 0.25) is 5.02 Å². The summed E-state index contributed by atoms with van der Waals surface area (Å²) in [7, 11) is 0. The van der Waals surface area contributed by atoms with E-state index in [-0.39, 0.29) is 30.0 Å². The van der Waals surface area contributed by atoms with Crippen molar-refractivity contribution in [2.45, 2.75) is 52.4 Å². The number of aliphatic imine (C=N–C) groups is 1. The molecule has 1 aliphatic heterocycles. The summed E-state index contributed by atoms with van der Waals surface area (Å²) in [5.74, 6) is -1.11. The van der Waals surface area contributed by atoms with Gasteiger partial charge in [0, 0.05) is 28.8 Å². The minimum Gasteiger partial charge on any atom is -0.504 e. The van der Waals surface area contributed by atoms with E-state index >= 15 is 0 Å². The summed E-state index contributed by atoms with van der Waals surface area (Å²) in [6, 6.07) is 12.6. The summed E-state index contributed by atoms with van der Waals surface area (Å²) in [5, 5.41) is 10.9. The van der Waals surface area contributed by atoms with Crippen LogP contribution in [0.1, 0.15) is 63.5 Å². The maximum absolute atomic E-state index is 13.7. The number of hydrogen-bond acceptors (Lipinski definition) is 6. The van der Waals surface area contributed by atoms with Gasteiger partial charge in [-0.05, 0) is 67.5 Å². The number of Topliss-reactive ketones (excluding diaryl/α,β-unsaturated/α-hetero) is 1. The van der Waals surface area contributed by atoms with Crippen molar-refractivity contribution in [3.8, 4) is 11.5 Å². The van der Waals surface area contributed by atoms with Crippen LogP contribution in [0.3, 0.4) is 0 Å². The highest BCUT2D eigenvalue weighted by Crippen LogP contribution is 2.47. The van der Waals surface area contributed by atoms with Gasteiger partial charge in [0.1, 0.15) is 5.78 Å². The fourth-order valence-corrected chi connectivity index (χ4v) is 5.21. The van der Waals surface area contributed by atoms with Gasteiger partial charge in [-0.1, -0.05) is 43.6 Å². The van der Waals surface area contributed by atoms with Crippen molar-refractivity contribution in [1.82, 2.24) is 0 Å². The minimum absolute atomic E-state index is 0.00714.